The molecular weight excluding hydrogens is 587 g/mol. The zero-order valence-corrected chi connectivity index (χ0v) is 26.0. The van der Waals surface area contributed by atoms with Gasteiger partial charge in [-0.3, -0.25) is 9.97 Å². The second-order valence-corrected chi connectivity index (χ2v) is 11.5. The van der Waals surface area contributed by atoms with Crippen molar-refractivity contribution in [1.82, 2.24) is 24.9 Å². The number of pyridine rings is 2. The van der Waals surface area contributed by atoms with E-state index in [-0.39, 0.29) is 0 Å². The smallest absolute Gasteiger partial charge is 0.164 e. The molecule has 0 N–H and O–H groups in total. The highest BCUT2D eigenvalue weighted by atomic mass is 15.0. The Labute approximate surface area is 279 Å². The van der Waals surface area contributed by atoms with Crippen LogP contribution in [0.25, 0.3) is 78.7 Å². The largest absolute Gasteiger partial charge is 0.265 e. The maximum absolute atomic E-state index is 5.06. The van der Waals surface area contributed by atoms with Gasteiger partial charge in [0.1, 0.15) is 0 Å². The van der Waals surface area contributed by atoms with Crippen LogP contribution in [0.5, 0.6) is 0 Å². The molecular formula is C43H29N5. The van der Waals surface area contributed by atoms with Crippen LogP contribution in [-0.2, 0) is 0 Å². The Balaban J connectivity index is 1.36. The van der Waals surface area contributed by atoms with Crippen molar-refractivity contribution in [3.63, 3.8) is 0 Å². The van der Waals surface area contributed by atoms with Crippen molar-refractivity contribution in [3.8, 4) is 78.7 Å². The van der Waals surface area contributed by atoms with Crippen molar-refractivity contribution in [2.24, 2.45) is 0 Å². The van der Waals surface area contributed by atoms with Crippen LogP contribution in [0, 0.1) is 0 Å². The summed E-state index contributed by atoms with van der Waals surface area (Å²) in [6.07, 6.45) is 7.36. The van der Waals surface area contributed by atoms with Gasteiger partial charge in [-0.05, 0) is 93.5 Å². The average molecular weight is 616 g/mol. The van der Waals surface area contributed by atoms with E-state index in [1.165, 1.54) is 0 Å². The SMILES string of the molecule is c1ccc(-c2cc(-c3cccnc3)cc(-c3cc(-c4ccncc4)cc(-c4nc(-c5ccccc5)nc(-c5ccccc5)n4)c3)c2)cc1. The first-order chi connectivity index (χ1) is 23.8. The lowest BCUT2D eigenvalue weighted by atomic mass is 9.91. The Hall–Kier alpha value is -6.59. The number of nitrogens with zero attached hydrogens (tertiary/aromatic N) is 5. The number of aromatic nitrogens is 5. The summed E-state index contributed by atoms with van der Waals surface area (Å²) in [5, 5.41) is 0. The lowest BCUT2D eigenvalue weighted by Gasteiger charge is -2.14. The quantitative estimate of drug-likeness (QED) is 0.178. The summed E-state index contributed by atoms with van der Waals surface area (Å²) in [5.41, 5.74) is 11.4. The summed E-state index contributed by atoms with van der Waals surface area (Å²) in [6.45, 7) is 0. The van der Waals surface area contributed by atoms with Crippen LogP contribution >= 0.6 is 0 Å². The number of hydrogen-bond acceptors (Lipinski definition) is 5. The van der Waals surface area contributed by atoms with Gasteiger partial charge >= 0.3 is 0 Å². The van der Waals surface area contributed by atoms with E-state index in [4.69, 9.17) is 15.0 Å². The van der Waals surface area contributed by atoms with Crippen molar-refractivity contribution in [2.75, 3.05) is 0 Å². The summed E-state index contributed by atoms with van der Waals surface area (Å²) in [5.74, 6) is 1.85. The topological polar surface area (TPSA) is 64.5 Å². The van der Waals surface area contributed by atoms with Gasteiger partial charge in [-0.2, -0.15) is 0 Å². The van der Waals surface area contributed by atoms with E-state index in [2.05, 4.69) is 76.7 Å². The molecule has 0 amide bonds. The van der Waals surface area contributed by atoms with Gasteiger partial charge in [0.05, 0.1) is 0 Å². The summed E-state index contributed by atoms with van der Waals surface area (Å²) in [4.78, 5) is 23.7. The van der Waals surface area contributed by atoms with Crippen molar-refractivity contribution in [3.05, 3.63) is 176 Å². The minimum Gasteiger partial charge on any atom is -0.265 e. The van der Waals surface area contributed by atoms with Gasteiger partial charge in [0.2, 0.25) is 0 Å². The molecule has 8 aromatic rings. The van der Waals surface area contributed by atoms with E-state index >= 15 is 0 Å². The molecule has 0 atom stereocenters. The van der Waals surface area contributed by atoms with Crippen molar-refractivity contribution < 1.29 is 0 Å². The van der Waals surface area contributed by atoms with Crippen LogP contribution in [-0.4, -0.2) is 24.9 Å². The monoisotopic (exact) mass is 615 g/mol. The normalized spacial score (nSPS) is 10.9. The highest BCUT2D eigenvalue weighted by Crippen LogP contribution is 2.37. The first kappa shape index (κ1) is 28.9. The molecule has 0 saturated carbocycles. The van der Waals surface area contributed by atoms with Crippen LogP contribution in [0.3, 0.4) is 0 Å². The van der Waals surface area contributed by atoms with E-state index in [1.807, 2.05) is 104 Å². The second kappa shape index (κ2) is 13.0. The first-order valence-corrected chi connectivity index (χ1v) is 15.8. The van der Waals surface area contributed by atoms with Crippen LogP contribution in [0.4, 0.5) is 0 Å². The molecule has 5 nitrogen and oxygen atoms in total. The standard InChI is InChI=1S/C43H29N5/c1-4-11-30(12-5-1)35-23-37(34-17-10-20-45-29-34)26-38(24-35)39-25-36(31-18-21-44-22-19-31)27-40(28-39)43-47-41(32-13-6-2-7-14-32)46-42(48-43)33-15-8-3-9-16-33/h1-29H. The maximum atomic E-state index is 5.06. The van der Waals surface area contributed by atoms with Gasteiger partial charge in [-0.25, -0.2) is 15.0 Å². The molecule has 0 aliphatic carbocycles. The molecule has 3 heterocycles. The van der Waals surface area contributed by atoms with Crippen molar-refractivity contribution in [2.45, 2.75) is 0 Å². The average Bonchev–Trinajstić information content (AvgIpc) is 3.19. The van der Waals surface area contributed by atoms with Crippen LogP contribution < -0.4 is 0 Å². The Morgan fingerprint density at radius 1 is 0.250 bits per heavy atom. The zero-order chi connectivity index (χ0) is 32.1. The third kappa shape index (κ3) is 6.13. The molecule has 3 aromatic heterocycles. The molecule has 0 radical (unpaired) electrons. The fourth-order valence-electron chi connectivity index (χ4n) is 5.86. The molecule has 0 aliphatic rings. The van der Waals surface area contributed by atoms with Gasteiger partial charge in [-0.1, -0.05) is 97.1 Å². The fraction of sp³-hybridized carbons (Fsp3) is 0. The van der Waals surface area contributed by atoms with Gasteiger partial charge in [-0.15, -0.1) is 0 Å². The summed E-state index contributed by atoms with van der Waals surface area (Å²) < 4.78 is 0. The fourth-order valence-corrected chi connectivity index (χ4v) is 5.86. The van der Waals surface area contributed by atoms with Crippen LogP contribution in [0.1, 0.15) is 0 Å². The van der Waals surface area contributed by atoms with E-state index in [0.29, 0.717) is 17.5 Å². The Morgan fingerprint density at radius 2 is 0.625 bits per heavy atom. The predicted octanol–water partition coefficient (Wildman–Crippen LogP) is 10.3. The molecule has 0 saturated heterocycles. The molecule has 226 valence electrons. The lowest BCUT2D eigenvalue weighted by Crippen LogP contribution is -2.00. The van der Waals surface area contributed by atoms with Gasteiger partial charge in [0.25, 0.3) is 0 Å². The number of benzene rings is 5. The molecule has 48 heavy (non-hydrogen) atoms. The first-order valence-electron chi connectivity index (χ1n) is 15.8. The van der Waals surface area contributed by atoms with Gasteiger partial charge in [0.15, 0.2) is 17.5 Å². The molecule has 5 heteroatoms. The highest BCUT2D eigenvalue weighted by Gasteiger charge is 2.16. The molecule has 0 spiro atoms. The van der Waals surface area contributed by atoms with Crippen LogP contribution in [0.15, 0.2) is 176 Å². The van der Waals surface area contributed by atoms with Crippen molar-refractivity contribution in [1.29, 1.82) is 0 Å². The molecule has 0 unspecified atom stereocenters. The Bertz CT molecular complexity index is 2050. The summed E-state index contributed by atoms with van der Waals surface area (Å²) >= 11 is 0. The van der Waals surface area contributed by atoms with Crippen molar-refractivity contribution >= 4 is 0 Å². The van der Waals surface area contributed by atoms with E-state index < -0.39 is 0 Å². The summed E-state index contributed by atoms with van der Waals surface area (Å²) in [7, 11) is 0. The third-order valence-corrected chi connectivity index (χ3v) is 8.27. The Kier molecular flexibility index (Phi) is 7.83. The zero-order valence-electron chi connectivity index (χ0n) is 26.0. The molecule has 5 aromatic carbocycles. The summed E-state index contributed by atoms with van der Waals surface area (Å²) in [6, 6.07) is 52.0. The lowest BCUT2D eigenvalue weighted by molar-refractivity contribution is 1.07. The minimum absolute atomic E-state index is 0.603. The molecule has 0 fully saturated rings. The second-order valence-electron chi connectivity index (χ2n) is 11.5. The van der Waals surface area contributed by atoms with Gasteiger partial charge in [0, 0.05) is 47.0 Å². The number of rotatable bonds is 7. The highest BCUT2D eigenvalue weighted by molar-refractivity contribution is 5.85. The van der Waals surface area contributed by atoms with Gasteiger partial charge < -0.3 is 0 Å². The molecule has 0 aliphatic heterocycles. The van der Waals surface area contributed by atoms with Crippen LogP contribution in [0.2, 0.25) is 0 Å². The molecule has 8 rings (SSSR count). The van der Waals surface area contributed by atoms with E-state index in [0.717, 1.165) is 61.2 Å². The predicted molar refractivity (Wildman–Crippen MR) is 193 cm³/mol. The van der Waals surface area contributed by atoms with E-state index in [9.17, 15) is 0 Å². The minimum atomic E-state index is 0.603. The Morgan fingerprint density at radius 3 is 1.10 bits per heavy atom. The maximum Gasteiger partial charge on any atom is 0.164 e. The number of hydrogen-bond donors (Lipinski definition) is 0. The third-order valence-electron chi connectivity index (χ3n) is 8.27. The van der Waals surface area contributed by atoms with E-state index in [1.54, 1.807) is 6.20 Å². The molecule has 0 bridgehead atoms.